The standard InChI is InChI=1S/C16H12BrN3O2S/c1-22-14-6-5-11(8-18-14)15(21)20-16-19-13(9-23-16)10-3-2-4-12(17)7-10/h2-9H,1H3,(H,19,20,21). The number of pyridine rings is 1. The zero-order valence-electron chi connectivity index (χ0n) is 12.1. The van der Waals surface area contributed by atoms with E-state index in [9.17, 15) is 4.79 Å². The molecule has 0 radical (unpaired) electrons. The molecule has 0 atom stereocenters. The van der Waals surface area contributed by atoms with Gasteiger partial charge in [0.1, 0.15) is 0 Å². The Kier molecular flexibility index (Phi) is 4.68. The number of halogens is 1. The lowest BCUT2D eigenvalue weighted by atomic mass is 10.2. The Bertz CT molecular complexity index is 833. The number of nitrogens with zero attached hydrogens (tertiary/aromatic N) is 2. The highest BCUT2D eigenvalue weighted by Gasteiger charge is 2.11. The van der Waals surface area contributed by atoms with Crippen molar-refractivity contribution < 1.29 is 9.53 Å². The van der Waals surface area contributed by atoms with Crippen LogP contribution >= 0.6 is 27.3 Å². The van der Waals surface area contributed by atoms with Crippen LogP contribution in [0.4, 0.5) is 5.13 Å². The third kappa shape index (κ3) is 3.75. The summed E-state index contributed by atoms with van der Waals surface area (Å²) in [6.07, 6.45) is 1.47. The Balaban J connectivity index is 1.74. The van der Waals surface area contributed by atoms with Gasteiger partial charge in [0.25, 0.3) is 5.91 Å². The minimum Gasteiger partial charge on any atom is -0.481 e. The summed E-state index contributed by atoms with van der Waals surface area (Å²) in [7, 11) is 1.53. The number of hydrogen-bond acceptors (Lipinski definition) is 5. The number of amides is 1. The van der Waals surface area contributed by atoms with E-state index in [2.05, 4.69) is 31.2 Å². The SMILES string of the molecule is COc1ccc(C(=O)Nc2nc(-c3cccc(Br)c3)cs2)cn1. The number of aromatic nitrogens is 2. The smallest absolute Gasteiger partial charge is 0.259 e. The molecule has 0 saturated heterocycles. The summed E-state index contributed by atoms with van der Waals surface area (Å²) in [5, 5.41) is 5.23. The fourth-order valence-electron chi connectivity index (χ4n) is 1.92. The van der Waals surface area contributed by atoms with Gasteiger partial charge in [-0.05, 0) is 18.2 Å². The first-order valence-corrected chi connectivity index (χ1v) is 8.36. The van der Waals surface area contributed by atoms with Crippen molar-refractivity contribution in [2.24, 2.45) is 0 Å². The molecule has 1 N–H and O–H groups in total. The first-order chi connectivity index (χ1) is 11.2. The first kappa shape index (κ1) is 15.6. The van der Waals surface area contributed by atoms with E-state index in [0.717, 1.165) is 15.7 Å². The number of carbonyl (C=O) groups excluding carboxylic acids is 1. The average molecular weight is 390 g/mol. The van der Waals surface area contributed by atoms with Gasteiger partial charge in [0.15, 0.2) is 5.13 Å². The maximum atomic E-state index is 12.2. The molecule has 3 aromatic rings. The lowest BCUT2D eigenvalue weighted by molar-refractivity contribution is 0.102. The molecule has 0 spiro atoms. The number of thiazole rings is 1. The van der Waals surface area contributed by atoms with Gasteiger partial charge >= 0.3 is 0 Å². The van der Waals surface area contributed by atoms with Crippen LogP contribution < -0.4 is 10.1 Å². The van der Waals surface area contributed by atoms with Crippen molar-refractivity contribution in [1.29, 1.82) is 0 Å². The van der Waals surface area contributed by atoms with Gasteiger partial charge in [-0.1, -0.05) is 28.1 Å². The number of ether oxygens (including phenoxy) is 1. The van der Waals surface area contributed by atoms with Gasteiger partial charge in [-0.3, -0.25) is 10.1 Å². The Morgan fingerprint density at radius 2 is 2.17 bits per heavy atom. The zero-order valence-corrected chi connectivity index (χ0v) is 14.5. The van der Waals surface area contributed by atoms with Gasteiger partial charge in [-0.2, -0.15) is 0 Å². The lowest BCUT2D eigenvalue weighted by Gasteiger charge is -2.02. The highest BCUT2D eigenvalue weighted by atomic mass is 79.9. The highest BCUT2D eigenvalue weighted by Crippen LogP contribution is 2.27. The van der Waals surface area contributed by atoms with Crippen molar-refractivity contribution in [2.75, 3.05) is 12.4 Å². The van der Waals surface area contributed by atoms with E-state index in [1.165, 1.54) is 24.6 Å². The summed E-state index contributed by atoms with van der Waals surface area (Å²) in [6, 6.07) is 11.1. The number of benzene rings is 1. The van der Waals surface area contributed by atoms with Crippen molar-refractivity contribution in [1.82, 2.24) is 9.97 Å². The molecule has 2 heterocycles. The number of anilines is 1. The third-order valence-electron chi connectivity index (χ3n) is 3.05. The van der Waals surface area contributed by atoms with Crippen molar-refractivity contribution in [3.63, 3.8) is 0 Å². The largest absolute Gasteiger partial charge is 0.481 e. The molecular formula is C16H12BrN3O2S. The van der Waals surface area contributed by atoms with Crippen LogP contribution in [0.2, 0.25) is 0 Å². The molecule has 1 amide bonds. The van der Waals surface area contributed by atoms with Gasteiger partial charge in [-0.25, -0.2) is 9.97 Å². The van der Waals surface area contributed by atoms with Crippen LogP contribution in [0.25, 0.3) is 11.3 Å². The van der Waals surface area contributed by atoms with E-state index in [1.54, 1.807) is 12.1 Å². The Morgan fingerprint density at radius 1 is 1.30 bits per heavy atom. The topological polar surface area (TPSA) is 64.1 Å². The van der Waals surface area contributed by atoms with Crippen molar-refractivity contribution in [3.05, 3.63) is 58.0 Å². The Labute approximate surface area is 145 Å². The molecule has 0 aliphatic rings. The van der Waals surface area contributed by atoms with E-state index >= 15 is 0 Å². The number of methoxy groups -OCH3 is 1. The normalized spacial score (nSPS) is 10.3. The Hall–Kier alpha value is -2.25. The Morgan fingerprint density at radius 3 is 2.87 bits per heavy atom. The fourth-order valence-corrected chi connectivity index (χ4v) is 3.03. The van der Waals surface area contributed by atoms with Gasteiger partial charge in [0.05, 0.1) is 18.4 Å². The highest BCUT2D eigenvalue weighted by molar-refractivity contribution is 9.10. The van der Waals surface area contributed by atoms with Crippen LogP contribution in [-0.2, 0) is 0 Å². The van der Waals surface area contributed by atoms with Crippen LogP contribution in [0, 0.1) is 0 Å². The summed E-state index contributed by atoms with van der Waals surface area (Å²) >= 11 is 4.81. The van der Waals surface area contributed by atoms with Crippen LogP contribution in [0.15, 0.2) is 52.4 Å². The minimum absolute atomic E-state index is 0.254. The van der Waals surface area contributed by atoms with Crippen molar-refractivity contribution in [2.45, 2.75) is 0 Å². The second-order valence-electron chi connectivity index (χ2n) is 4.59. The van der Waals surface area contributed by atoms with E-state index in [4.69, 9.17) is 4.74 Å². The molecule has 23 heavy (non-hydrogen) atoms. The van der Waals surface area contributed by atoms with Gasteiger partial charge < -0.3 is 4.74 Å². The monoisotopic (exact) mass is 389 g/mol. The molecule has 5 nitrogen and oxygen atoms in total. The van der Waals surface area contributed by atoms with Crippen LogP contribution in [0.3, 0.4) is 0 Å². The molecule has 0 aliphatic carbocycles. The first-order valence-electron chi connectivity index (χ1n) is 6.68. The molecule has 0 saturated carbocycles. The number of nitrogens with one attached hydrogen (secondary N) is 1. The number of hydrogen-bond donors (Lipinski definition) is 1. The second kappa shape index (κ2) is 6.89. The molecule has 2 aromatic heterocycles. The van der Waals surface area contributed by atoms with Crippen LogP contribution in [-0.4, -0.2) is 23.0 Å². The van der Waals surface area contributed by atoms with Crippen molar-refractivity contribution in [3.8, 4) is 17.1 Å². The second-order valence-corrected chi connectivity index (χ2v) is 6.37. The molecule has 7 heteroatoms. The molecule has 0 bridgehead atoms. The van der Waals surface area contributed by atoms with E-state index in [-0.39, 0.29) is 5.91 Å². The lowest BCUT2D eigenvalue weighted by Crippen LogP contribution is -2.12. The molecule has 0 unspecified atom stereocenters. The zero-order chi connectivity index (χ0) is 16.2. The summed E-state index contributed by atoms with van der Waals surface area (Å²) in [4.78, 5) is 20.6. The van der Waals surface area contributed by atoms with Gasteiger partial charge in [0.2, 0.25) is 5.88 Å². The molecule has 0 aliphatic heterocycles. The molecule has 3 rings (SSSR count). The predicted molar refractivity (Wildman–Crippen MR) is 94.0 cm³/mol. The maximum absolute atomic E-state index is 12.2. The van der Waals surface area contributed by atoms with E-state index < -0.39 is 0 Å². The van der Waals surface area contributed by atoms with Crippen LogP contribution in [0.1, 0.15) is 10.4 Å². The third-order valence-corrected chi connectivity index (χ3v) is 4.30. The van der Waals surface area contributed by atoms with Gasteiger partial charge in [0, 0.05) is 27.7 Å². The quantitative estimate of drug-likeness (QED) is 0.724. The fraction of sp³-hybridized carbons (Fsp3) is 0.0625. The predicted octanol–water partition coefficient (Wildman–Crippen LogP) is 4.23. The van der Waals surface area contributed by atoms with Crippen LogP contribution in [0.5, 0.6) is 5.88 Å². The minimum atomic E-state index is -0.254. The number of carbonyl (C=O) groups is 1. The molecule has 1 aromatic carbocycles. The summed E-state index contributed by atoms with van der Waals surface area (Å²) in [5.74, 6) is 0.211. The molecule has 0 fully saturated rings. The number of rotatable bonds is 4. The van der Waals surface area contributed by atoms with Gasteiger partial charge in [-0.15, -0.1) is 11.3 Å². The summed E-state index contributed by atoms with van der Waals surface area (Å²) in [6.45, 7) is 0. The van der Waals surface area contributed by atoms with E-state index in [0.29, 0.717) is 16.6 Å². The average Bonchev–Trinajstić information content (AvgIpc) is 3.03. The van der Waals surface area contributed by atoms with Crippen molar-refractivity contribution >= 4 is 38.3 Å². The summed E-state index contributed by atoms with van der Waals surface area (Å²) in [5.41, 5.74) is 2.26. The molecule has 116 valence electrons. The molecular weight excluding hydrogens is 378 g/mol. The maximum Gasteiger partial charge on any atom is 0.259 e. The van der Waals surface area contributed by atoms with E-state index in [1.807, 2.05) is 29.6 Å². The summed E-state index contributed by atoms with van der Waals surface area (Å²) < 4.78 is 5.96.